The number of rotatable bonds is 5. The smallest absolute Gasteiger partial charge is 0.0230 e. The lowest BCUT2D eigenvalue weighted by molar-refractivity contribution is 0.623. The van der Waals surface area contributed by atoms with E-state index in [-0.39, 0.29) is 11.0 Å². The van der Waals surface area contributed by atoms with Gasteiger partial charge < -0.3 is 0 Å². The molecule has 27 heavy (non-hydrogen) atoms. The van der Waals surface area contributed by atoms with Crippen molar-refractivity contribution in [1.82, 2.24) is 0 Å². The summed E-state index contributed by atoms with van der Waals surface area (Å²) in [5, 5.41) is -0.0504. The first-order valence-corrected chi connectivity index (χ1v) is 10.5. The Morgan fingerprint density at radius 3 is 1.07 bits per heavy atom. The highest BCUT2D eigenvalue weighted by atomic mass is 28.1. The van der Waals surface area contributed by atoms with E-state index in [4.69, 9.17) is 0 Å². The van der Waals surface area contributed by atoms with Crippen LogP contribution in [-0.4, -0.2) is 10.2 Å². The van der Waals surface area contributed by atoms with E-state index in [0.717, 1.165) is 10.2 Å². The Hall–Kier alpha value is -2.90. The van der Waals surface area contributed by atoms with Crippen molar-refractivity contribution in [1.29, 1.82) is 0 Å². The molecular formula is C26H24Si. The van der Waals surface area contributed by atoms with Gasteiger partial charge in [-0.05, 0) is 22.3 Å². The van der Waals surface area contributed by atoms with E-state index >= 15 is 0 Å². The summed E-state index contributed by atoms with van der Waals surface area (Å²) < 4.78 is 0. The Labute approximate surface area is 165 Å². The zero-order valence-corrected chi connectivity index (χ0v) is 17.6. The number of hydrogen-bond donors (Lipinski definition) is 0. The van der Waals surface area contributed by atoms with Crippen LogP contribution in [0.4, 0.5) is 0 Å². The second-order valence-electron chi connectivity index (χ2n) is 7.19. The second-order valence-corrected chi connectivity index (χ2v) is 8.77. The minimum absolute atomic E-state index is 0.0504. The van der Waals surface area contributed by atoms with Gasteiger partial charge in [0.05, 0.1) is 0 Å². The molecule has 0 aromatic heterocycles. The minimum atomic E-state index is -0.0504. The molecule has 4 rings (SSSR count). The normalized spacial score (nSPS) is 11.6. The molecule has 4 aromatic carbocycles. The third-order valence-electron chi connectivity index (χ3n) is 5.59. The standard InChI is InChI=1S/C26H24Si/c27-26(23-17-9-3-10-18-23,24-19-11-4-12-20-24)25(21-13-5-1-6-14-21)22-15-7-2-8-16-22/h1-20,25H,27H3. The molecular weight excluding hydrogens is 340 g/mol. The van der Waals surface area contributed by atoms with E-state index < -0.39 is 0 Å². The van der Waals surface area contributed by atoms with Crippen molar-refractivity contribution in [2.45, 2.75) is 11.0 Å². The maximum Gasteiger partial charge on any atom is 0.0230 e. The third kappa shape index (κ3) is 3.39. The average molecular weight is 365 g/mol. The minimum Gasteiger partial charge on any atom is -0.0622 e. The summed E-state index contributed by atoms with van der Waals surface area (Å²) in [6.45, 7) is 0. The number of benzene rings is 4. The molecule has 0 fully saturated rings. The van der Waals surface area contributed by atoms with Gasteiger partial charge in [-0.2, -0.15) is 0 Å². The molecule has 0 aliphatic rings. The van der Waals surface area contributed by atoms with E-state index in [9.17, 15) is 0 Å². The van der Waals surface area contributed by atoms with Crippen molar-refractivity contribution in [2.24, 2.45) is 0 Å². The lowest BCUT2D eigenvalue weighted by atomic mass is 9.72. The van der Waals surface area contributed by atoms with Crippen molar-refractivity contribution in [3.63, 3.8) is 0 Å². The van der Waals surface area contributed by atoms with Crippen LogP contribution in [0.2, 0.25) is 0 Å². The van der Waals surface area contributed by atoms with E-state index in [1.807, 2.05) is 0 Å². The summed E-state index contributed by atoms with van der Waals surface area (Å²) in [4.78, 5) is 0. The van der Waals surface area contributed by atoms with Gasteiger partial charge in [-0.25, -0.2) is 0 Å². The Morgan fingerprint density at radius 2 is 0.741 bits per heavy atom. The predicted octanol–water partition coefficient (Wildman–Crippen LogP) is 5.13. The highest BCUT2D eigenvalue weighted by Crippen LogP contribution is 2.45. The fourth-order valence-electron chi connectivity index (χ4n) is 4.22. The zero-order chi connectivity index (χ0) is 18.5. The van der Waals surface area contributed by atoms with Gasteiger partial charge in [-0.1, -0.05) is 121 Å². The van der Waals surface area contributed by atoms with Gasteiger partial charge in [-0.3, -0.25) is 0 Å². The first kappa shape index (κ1) is 17.5. The third-order valence-corrected chi connectivity index (χ3v) is 7.32. The molecule has 0 atom stereocenters. The lowest BCUT2D eigenvalue weighted by Gasteiger charge is -2.40. The molecule has 132 valence electrons. The van der Waals surface area contributed by atoms with Gasteiger partial charge in [0, 0.05) is 21.2 Å². The van der Waals surface area contributed by atoms with Crippen LogP contribution in [0.15, 0.2) is 121 Å². The molecule has 0 saturated carbocycles. The maximum atomic E-state index is 2.29. The SMILES string of the molecule is [SiH3]C(c1ccccc1)(c1ccccc1)C(c1ccccc1)c1ccccc1. The second kappa shape index (κ2) is 7.77. The summed E-state index contributed by atoms with van der Waals surface area (Å²) in [6.07, 6.45) is 0. The van der Waals surface area contributed by atoms with E-state index in [0.29, 0.717) is 0 Å². The largest absolute Gasteiger partial charge is 0.0622 e. The molecule has 0 radical (unpaired) electrons. The van der Waals surface area contributed by atoms with Crippen LogP contribution in [0.3, 0.4) is 0 Å². The van der Waals surface area contributed by atoms with E-state index in [1.54, 1.807) is 0 Å². The quantitative estimate of drug-likeness (QED) is 0.431. The molecule has 0 saturated heterocycles. The van der Waals surface area contributed by atoms with Crippen LogP contribution in [0.25, 0.3) is 0 Å². The molecule has 1 heteroatoms. The van der Waals surface area contributed by atoms with Crippen LogP contribution in [0.1, 0.15) is 28.2 Å². The summed E-state index contributed by atoms with van der Waals surface area (Å²) in [5.41, 5.74) is 5.51. The fourth-order valence-corrected chi connectivity index (χ4v) is 5.55. The molecule has 4 aromatic rings. The fraction of sp³-hybridized carbons (Fsp3) is 0.0769. The molecule has 0 spiro atoms. The average Bonchev–Trinajstić information content (AvgIpc) is 2.76. The van der Waals surface area contributed by atoms with Gasteiger partial charge in [0.25, 0.3) is 0 Å². The Kier molecular flexibility index (Phi) is 5.04. The van der Waals surface area contributed by atoms with Crippen molar-refractivity contribution in [3.05, 3.63) is 144 Å². The Bertz CT molecular complexity index is 885. The summed E-state index contributed by atoms with van der Waals surface area (Å²) >= 11 is 0. The molecule has 0 heterocycles. The highest BCUT2D eigenvalue weighted by molar-refractivity contribution is 6.19. The predicted molar refractivity (Wildman–Crippen MR) is 118 cm³/mol. The lowest BCUT2D eigenvalue weighted by Crippen LogP contribution is -2.36. The maximum absolute atomic E-state index is 2.29. The number of hydrogen-bond acceptors (Lipinski definition) is 0. The van der Waals surface area contributed by atoms with Gasteiger partial charge in [0.1, 0.15) is 0 Å². The van der Waals surface area contributed by atoms with Gasteiger partial charge >= 0.3 is 0 Å². The molecule has 0 amide bonds. The van der Waals surface area contributed by atoms with Gasteiger partial charge in [-0.15, -0.1) is 0 Å². The molecule has 0 nitrogen and oxygen atoms in total. The molecule has 0 aliphatic carbocycles. The monoisotopic (exact) mass is 364 g/mol. The van der Waals surface area contributed by atoms with Crippen LogP contribution in [-0.2, 0) is 5.04 Å². The highest BCUT2D eigenvalue weighted by Gasteiger charge is 2.39. The Balaban J connectivity index is 2.01. The van der Waals surface area contributed by atoms with Gasteiger partial charge in [0.15, 0.2) is 0 Å². The van der Waals surface area contributed by atoms with E-state index in [1.165, 1.54) is 22.3 Å². The van der Waals surface area contributed by atoms with Crippen molar-refractivity contribution in [3.8, 4) is 0 Å². The van der Waals surface area contributed by atoms with Crippen LogP contribution in [0.5, 0.6) is 0 Å². The Morgan fingerprint density at radius 1 is 0.444 bits per heavy atom. The molecule has 0 bridgehead atoms. The van der Waals surface area contributed by atoms with Crippen molar-refractivity contribution in [2.75, 3.05) is 0 Å². The summed E-state index contributed by atoms with van der Waals surface area (Å²) in [5.74, 6) is 0.274. The zero-order valence-electron chi connectivity index (χ0n) is 15.6. The topological polar surface area (TPSA) is 0 Å². The molecule has 0 aliphatic heterocycles. The van der Waals surface area contributed by atoms with Crippen molar-refractivity contribution >= 4 is 10.2 Å². The van der Waals surface area contributed by atoms with Gasteiger partial charge in [0.2, 0.25) is 0 Å². The van der Waals surface area contributed by atoms with E-state index in [2.05, 4.69) is 121 Å². The van der Waals surface area contributed by atoms with Crippen LogP contribution >= 0.6 is 0 Å². The first-order valence-electron chi connectivity index (χ1n) is 9.51. The van der Waals surface area contributed by atoms with Crippen molar-refractivity contribution < 1.29 is 0 Å². The summed E-state index contributed by atoms with van der Waals surface area (Å²) in [7, 11) is 0.996. The molecule has 0 unspecified atom stereocenters. The first-order chi connectivity index (χ1) is 13.3. The van der Waals surface area contributed by atoms with Crippen LogP contribution in [0, 0.1) is 0 Å². The molecule has 0 N–H and O–H groups in total. The summed E-state index contributed by atoms with van der Waals surface area (Å²) in [6, 6.07) is 44.0. The van der Waals surface area contributed by atoms with Crippen LogP contribution < -0.4 is 0 Å².